The van der Waals surface area contributed by atoms with Gasteiger partial charge in [-0.15, -0.1) is 12.6 Å². The summed E-state index contributed by atoms with van der Waals surface area (Å²) >= 11 is 4.63. The summed E-state index contributed by atoms with van der Waals surface area (Å²) in [5.41, 5.74) is 3.87. The molecule has 116 valence electrons. The van der Waals surface area contributed by atoms with Gasteiger partial charge in [0.25, 0.3) is 0 Å². The number of benzene rings is 1. The van der Waals surface area contributed by atoms with Crippen LogP contribution in [0.2, 0.25) is 0 Å². The van der Waals surface area contributed by atoms with Crippen molar-refractivity contribution in [3.8, 4) is 0 Å². The molecule has 0 atom stereocenters. The first-order valence-electron chi connectivity index (χ1n) is 7.47. The van der Waals surface area contributed by atoms with Crippen molar-refractivity contribution in [2.75, 3.05) is 0 Å². The van der Waals surface area contributed by atoms with E-state index in [1.165, 1.54) is 0 Å². The predicted octanol–water partition coefficient (Wildman–Crippen LogP) is 5.45. The topological polar surface area (TPSA) is 30.2 Å². The minimum absolute atomic E-state index is 0.131. The van der Waals surface area contributed by atoms with Crippen molar-refractivity contribution < 1.29 is 9.21 Å². The zero-order valence-electron chi connectivity index (χ0n) is 13.6. The highest BCUT2D eigenvalue weighted by Crippen LogP contribution is 2.36. The summed E-state index contributed by atoms with van der Waals surface area (Å²) in [5.74, 6) is 0.969. The number of carbonyl (C=O) groups is 1. The largest absolute Gasteiger partial charge is 0.456 e. The number of ketones is 1. The van der Waals surface area contributed by atoms with E-state index < -0.39 is 0 Å². The average molecular weight is 314 g/mol. The van der Waals surface area contributed by atoms with Crippen molar-refractivity contribution in [3.63, 3.8) is 0 Å². The number of carbonyl (C=O) groups excluding carboxylic acids is 1. The molecule has 1 aromatic heterocycles. The Morgan fingerprint density at radius 2 is 2.05 bits per heavy atom. The number of fused-ring (bicyclic) bond motifs is 1. The zero-order valence-corrected chi connectivity index (χ0v) is 14.5. The maximum atomic E-state index is 11.5. The van der Waals surface area contributed by atoms with Gasteiger partial charge in [0.2, 0.25) is 0 Å². The Morgan fingerprint density at radius 3 is 2.68 bits per heavy atom. The molecule has 0 N–H and O–H groups in total. The Labute approximate surface area is 137 Å². The van der Waals surface area contributed by atoms with E-state index in [9.17, 15) is 4.79 Å². The summed E-state index contributed by atoms with van der Waals surface area (Å²) in [4.78, 5) is 12.4. The maximum Gasteiger partial charge on any atom is 0.139 e. The monoisotopic (exact) mass is 314 g/mol. The smallest absolute Gasteiger partial charge is 0.139 e. The zero-order chi connectivity index (χ0) is 16.3. The number of rotatable bonds is 5. The molecule has 0 spiro atoms. The molecule has 0 aliphatic carbocycles. The van der Waals surface area contributed by atoms with E-state index in [2.05, 4.69) is 24.8 Å². The first-order chi connectivity index (χ1) is 10.5. The third kappa shape index (κ3) is 3.36. The predicted molar refractivity (Wildman–Crippen MR) is 95.8 cm³/mol. The van der Waals surface area contributed by atoms with Gasteiger partial charge in [0.05, 0.1) is 0 Å². The second kappa shape index (κ2) is 7.01. The summed E-state index contributed by atoms with van der Waals surface area (Å²) in [6.07, 6.45) is 9.44. The normalized spacial score (nSPS) is 12.0. The minimum Gasteiger partial charge on any atom is -0.456 e. The Morgan fingerprint density at radius 1 is 1.32 bits per heavy atom. The third-order valence-electron chi connectivity index (χ3n) is 3.69. The van der Waals surface area contributed by atoms with Crippen LogP contribution in [-0.2, 0) is 11.2 Å². The molecule has 0 bridgehead atoms. The number of aryl methyl sites for hydroxylation is 2. The van der Waals surface area contributed by atoms with Gasteiger partial charge in [0, 0.05) is 27.8 Å². The minimum atomic E-state index is 0.131. The van der Waals surface area contributed by atoms with Gasteiger partial charge in [0.15, 0.2) is 0 Å². The van der Waals surface area contributed by atoms with E-state index in [1.54, 1.807) is 6.92 Å². The van der Waals surface area contributed by atoms with Crippen LogP contribution in [0.4, 0.5) is 0 Å². The lowest BCUT2D eigenvalue weighted by Crippen LogP contribution is -1.98. The van der Waals surface area contributed by atoms with Crippen LogP contribution in [-0.4, -0.2) is 5.78 Å². The second-order valence-corrected chi connectivity index (χ2v) is 6.03. The van der Waals surface area contributed by atoms with Crippen molar-refractivity contribution in [2.45, 2.75) is 45.4 Å². The van der Waals surface area contributed by atoms with Crippen molar-refractivity contribution >= 4 is 35.5 Å². The summed E-state index contributed by atoms with van der Waals surface area (Å²) < 4.78 is 6.03. The molecule has 0 amide bonds. The van der Waals surface area contributed by atoms with Crippen molar-refractivity contribution in [3.05, 3.63) is 46.7 Å². The van der Waals surface area contributed by atoms with Crippen LogP contribution < -0.4 is 0 Å². The Kier molecular flexibility index (Phi) is 5.30. The summed E-state index contributed by atoms with van der Waals surface area (Å²) in [7, 11) is 0. The fourth-order valence-electron chi connectivity index (χ4n) is 2.58. The standard InChI is InChI=1S/C19H22O2S/c1-5-6-7-8-9-16-14(4)17-18(21-16)15(11-13(3)20)10-12(2)19(17)22/h5-6,8-10,22H,7,11H2,1-4H3/b6-5-,9-8-. The number of Topliss-reactive ketones (excluding diaryl/α,β-unsaturated/α-hetero) is 1. The molecule has 0 fully saturated rings. The van der Waals surface area contributed by atoms with Gasteiger partial charge in [-0.3, -0.25) is 4.79 Å². The van der Waals surface area contributed by atoms with Crippen molar-refractivity contribution in [2.24, 2.45) is 0 Å². The Bertz CT molecular complexity index is 764. The highest BCUT2D eigenvalue weighted by atomic mass is 32.1. The summed E-state index contributed by atoms with van der Waals surface area (Å²) in [6.45, 7) is 7.66. The number of hydrogen-bond acceptors (Lipinski definition) is 3. The average Bonchev–Trinajstić information content (AvgIpc) is 2.78. The molecular weight excluding hydrogens is 292 g/mol. The van der Waals surface area contributed by atoms with E-state index in [0.717, 1.165) is 44.7 Å². The fourth-order valence-corrected chi connectivity index (χ4v) is 2.92. The van der Waals surface area contributed by atoms with E-state index in [4.69, 9.17) is 4.42 Å². The molecule has 2 rings (SSSR count). The first kappa shape index (κ1) is 16.6. The van der Waals surface area contributed by atoms with Gasteiger partial charge < -0.3 is 4.42 Å². The number of hydrogen-bond donors (Lipinski definition) is 1. The molecule has 1 aromatic carbocycles. The van der Waals surface area contributed by atoms with Crippen LogP contribution in [0.5, 0.6) is 0 Å². The van der Waals surface area contributed by atoms with Gasteiger partial charge in [-0.2, -0.15) is 0 Å². The Hall–Kier alpha value is -1.74. The fraction of sp³-hybridized carbons (Fsp3) is 0.316. The molecule has 0 saturated carbocycles. The van der Waals surface area contributed by atoms with Crippen LogP contribution in [0.1, 0.15) is 42.7 Å². The van der Waals surface area contributed by atoms with E-state index >= 15 is 0 Å². The molecule has 1 heterocycles. The SMILES string of the molecule is C/C=C\C/C=C\c1oc2c(CC(C)=O)cc(C)c(S)c2c1C. The van der Waals surface area contributed by atoms with Crippen molar-refractivity contribution in [1.82, 2.24) is 0 Å². The van der Waals surface area contributed by atoms with Gasteiger partial charge in [-0.1, -0.05) is 24.3 Å². The van der Waals surface area contributed by atoms with E-state index in [-0.39, 0.29) is 5.78 Å². The molecule has 0 radical (unpaired) electrons. The molecule has 0 unspecified atom stereocenters. The molecule has 0 aliphatic heterocycles. The molecule has 0 saturated heterocycles. The molecule has 3 heteroatoms. The van der Waals surface area contributed by atoms with Crippen molar-refractivity contribution in [1.29, 1.82) is 0 Å². The van der Waals surface area contributed by atoms with Gasteiger partial charge >= 0.3 is 0 Å². The van der Waals surface area contributed by atoms with Gasteiger partial charge in [0.1, 0.15) is 17.1 Å². The van der Waals surface area contributed by atoms with E-state index in [0.29, 0.717) is 6.42 Å². The second-order valence-electron chi connectivity index (χ2n) is 5.58. The van der Waals surface area contributed by atoms with Crippen LogP contribution >= 0.6 is 12.6 Å². The maximum absolute atomic E-state index is 11.5. The lowest BCUT2D eigenvalue weighted by atomic mass is 10.0. The van der Waals surface area contributed by atoms with Gasteiger partial charge in [-0.25, -0.2) is 0 Å². The quantitative estimate of drug-likeness (QED) is 0.587. The molecule has 22 heavy (non-hydrogen) atoms. The molecule has 2 nitrogen and oxygen atoms in total. The Balaban J connectivity index is 2.58. The summed E-state index contributed by atoms with van der Waals surface area (Å²) in [5, 5.41) is 1.02. The van der Waals surface area contributed by atoms with Gasteiger partial charge in [-0.05, 0) is 45.8 Å². The first-order valence-corrected chi connectivity index (χ1v) is 7.92. The number of furan rings is 1. The van der Waals surface area contributed by atoms with Crippen LogP contribution in [0.15, 0.2) is 33.6 Å². The lowest BCUT2D eigenvalue weighted by Gasteiger charge is -2.06. The van der Waals surface area contributed by atoms with Crippen LogP contribution in [0.3, 0.4) is 0 Å². The highest BCUT2D eigenvalue weighted by Gasteiger charge is 2.17. The molecule has 2 aromatic rings. The summed E-state index contributed by atoms with van der Waals surface area (Å²) in [6, 6.07) is 2.00. The molecular formula is C19H22O2S. The number of thiol groups is 1. The van der Waals surface area contributed by atoms with E-state index in [1.807, 2.05) is 39.0 Å². The molecule has 0 aliphatic rings. The number of allylic oxidation sites excluding steroid dienone is 3. The highest BCUT2D eigenvalue weighted by molar-refractivity contribution is 7.80. The third-order valence-corrected chi connectivity index (χ3v) is 4.27. The van der Waals surface area contributed by atoms with Crippen LogP contribution in [0.25, 0.3) is 17.0 Å². The van der Waals surface area contributed by atoms with Crippen LogP contribution in [0, 0.1) is 13.8 Å². The lowest BCUT2D eigenvalue weighted by molar-refractivity contribution is -0.116.